The predicted molar refractivity (Wildman–Crippen MR) is 133 cm³/mol. The van der Waals surface area contributed by atoms with E-state index in [9.17, 15) is 23.5 Å². The molecular formula is C24H24F2N6O4S. The topological polar surface area (TPSA) is 124 Å². The number of amides is 1. The summed E-state index contributed by atoms with van der Waals surface area (Å²) in [6.07, 6.45) is 6.85. The maximum absolute atomic E-state index is 13.3. The number of carbonyl (C=O) groups excluding carboxylic acids is 1. The van der Waals surface area contributed by atoms with Crippen LogP contribution >= 0.6 is 11.8 Å². The Balaban J connectivity index is 1.76. The van der Waals surface area contributed by atoms with E-state index in [1.54, 1.807) is 22.8 Å². The number of carboxylic acid groups (broad SMARTS) is 1. The van der Waals surface area contributed by atoms with E-state index < -0.39 is 25.0 Å². The number of alkyl halides is 2. The van der Waals surface area contributed by atoms with Crippen LogP contribution in [0.2, 0.25) is 0 Å². The number of hydrogen-bond donors (Lipinski definition) is 2. The predicted octanol–water partition coefficient (Wildman–Crippen LogP) is 4.45. The third kappa shape index (κ3) is 5.88. The van der Waals surface area contributed by atoms with Gasteiger partial charge in [-0.05, 0) is 42.9 Å². The van der Waals surface area contributed by atoms with E-state index in [1.165, 1.54) is 30.2 Å². The lowest BCUT2D eigenvalue weighted by molar-refractivity contribution is -0.137. The number of thioether (sulfide) groups is 1. The number of rotatable bonds is 10. The molecule has 0 saturated heterocycles. The van der Waals surface area contributed by atoms with E-state index in [1.807, 2.05) is 12.3 Å². The van der Waals surface area contributed by atoms with E-state index in [0.29, 0.717) is 11.6 Å². The van der Waals surface area contributed by atoms with Gasteiger partial charge in [-0.3, -0.25) is 14.3 Å². The van der Waals surface area contributed by atoms with Gasteiger partial charge in [-0.1, -0.05) is 13.8 Å². The number of carbonyl (C=O) groups is 2. The highest BCUT2D eigenvalue weighted by molar-refractivity contribution is 7.98. The molecule has 0 fully saturated rings. The maximum atomic E-state index is 13.3. The summed E-state index contributed by atoms with van der Waals surface area (Å²) in [4.78, 5) is 29.6. The van der Waals surface area contributed by atoms with Crippen LogP contribution in [-0.4, -0.2) is 54.2 Å². The van der Waals surface area contributed by atoms with Crippen LogP contribution in [0.15, 0.2) is 47.8 Å². The molecule has 4 rings (SSSR count). The van der Waals surface area contributed by atoms with Crippen molar-refractivity contribution in [1.29, 1.82) is 0 Å². The van der Waals surface area contributed by atoms with Gasteiger partial charge in [-0.25, -0.2) is 9.50 Å². The molecule has 2 N–H and O–H groups in total. The van der Waals surface area contributed by atoms with E-state index >= 15 is 0 Å². The molecule has 0 aliphatic heterocycles. The zero-order chi connectivity index (χ0) is 26.7. The molecule has 13 heteroatoms. The normalized spacial score (nSPS) is 11.4. The lowest BCUT2D eigenvalue weighted by Crippen LogP contribution is -2.13. The van der Waals surface area contributed by atoms with Gasteiger partial charge in [0.15, 0.2) is 5.65 Å². The molecule has 4 aromatic rings. The van der Waals surface area contributed by atoms with Crippen LogP contribution in [0.5, 0.6) is 5.75 Å². The number of fused-ring (bicyclic) bond motifs is 1. The molecule has 0 spiro atoms. The third-order valence-corrected chi connectivity index (χ3v) is 6.03. The number of ether oxygens (including phenoxy) is 1. The summed E-state index contributed by atoms with van der Waals surface area (Å²) in [6.45, 7) is 0.533. The van der Waals surface area contributed by atoms with Gasteiger partial charge in [-0.15, -0.1) is 11.8 Å². The molecule has 0 aliphatic rings. The van der Waals surface area contributed by atoms with Gasteiger partial charge in [0.25, 0.3) is 5.91 Å². The Labute approximate surface area is 214 Å². The number of nitrogens with zero attached hydrogens (tertiary/aromatic N) is 5. The number of nitrogens with one attached hydrogen (secondary N) is 1. The van der Waals surface area contributed by atoms with Gasteiger partial charge < -0.3 is 15.2 Å². The summed E-state index contributed by atoms with van der Waals surface area (Å²) in [5.41, 5.74) is 1.78. The van der Waals surface area contributed by atoms with Gasteiger partial charge in [0.05, 0.1) is 11.9 Å². The van der Waals surface area contributed by atoms with Crippen molar-refractivity contribution in [2.24, 2.45) is 5.92 Å². The lowest BCUT2D eigenvalue weighted by atomic mass is 10.1. The van der Waals surface area contributed by atoms with Crippen molar-refractivity contribution < 1.29 is 28.2 Å². The second-order valence-corrected chi connectivity index (χ2v) is 9.38. The Hall–Kier alpha value is -4.00. The fourth-order valence-corrected chi connectivity index (χ4v) is 4.25. The number of benzene rings is 1. The largest absolute Gasteiger partial charge is 0.480 e. The molecule has 1 aromatic carbocycles. The number of aromatic nitrogens is 5. The second-order valence-electron chi connectivity index (χ2n) is 8.51. The van der Waals surface area contributed by atoms with Crippen molar-refractivity contribution in [3.8, 4) is 17.0 Å². The molecule has 0 radical (unpaired) electrons. The highest BCUT2D eigenvalue weighted by Gasteiger charge is 2.23. The fraction of sp³-hybridized carbons (Fsp3) is 0.292. The SMILES string of the molecule is CSc1ccc(OC(F)F)c(-c2nn(CC(=O)O)cc2NC(=O)c2cnn3c(CC(C)C)ccnc23)c1. The monoisotopic (exact) mass is 530 g/mol. The summed E-state index contributed by atoms with van der Waals surface area (Å²) >= 11 is 1.37. The molecule has 0 aliphatic carbocycles. The number of carboxylic acids is 1. The molecule has 0 saturated carbocycles. The van der Waals surface area contributed by atoms with Crippen LogP contribution in [0, 0.1) is 5.92 Å². The Morgan fingerprint density at radius 1 is 1.24 bits per heavy atom. The molecule has 0 bridgehead atoms. The van der Waals surface area contributed by atoms with Crippen LogP contribution < -0.4 is 10.1 Å². The molecule has 10 nitrogen and oxygen atoms in total. The van der Waals surface area contributed by atoms with Gasteiger partial charge in [0, 0.05) is 28.5 Å². The minimum absolute atomic E-state index is 0.0751. The van der Waals surface area contributed by atoms with Crippen LogP contribution in [0.4, 0.5) is 14.5 Å². The smallest absolute Gasteiger partial charge is 0.387 e. The minimum atomic E-state index is -3.09. The molecule has 3 heterocycles. The highest BCUT2D eigenvalue weighted by atomic mass is 32.2. The molecule has 37 heavy (non-hydrogen) atoms. The standard InChI is InChI=1S/C24H24F2N6O4S/c1-13(2)8-14-6-7-27-22-17(10-28-32(14)22)23(35)29-18-11-31(12-20(33)34)30-21(18)16-9-15(37-3)4-5-19(16)36-24(25)26/h4-7,9-11,13,24H,8,12H2,1-3H3,(H,29,35)(H,33,34). The highest BCUT2D eigenvalue weighted by Crippen LogP contribution is 2.37. The summed E-state index contributed by atoms with van der Waals surface area (Å²) < 4.78 is 33.6. The Morgan fingerprint density at radius 2 is 2.03 bits per heavy atom. The first kappa shape index (κ1) is 26.1. The van der Waals surface area contributed by atoms with E-state index in [0.717, 1.165) is 21.7 Å². The Bertz CT molecular complexity index is 1450. The number of hydrogen-bond acceptors (Lipinski definition) is 7. The van der Waals surface area contributed by atoms with Crippen molar-refractivity contribution in [3.05, 3.63) is 54.1 Å². The second kappa shape index (κ2) is 10.9. The summed E-state index contributed by atoms with van der Waals surface area (Å²) in [5, 5.41) is 20.5. The molecule has 3 aromatic heterocycles. The van der Waals surface area contributed by atoms with Gasteiger partial charge in [0.1, 0.15) is 23.6 Å². The Morgan fingerprint density at radius 3 is 2.70 bits per heavy atom. The zero-order valence-electron chi connectivity index (χ0n) is 20.2. The van der Waals surface area contributed by atoms with Crippen LogP contribution in [0.1, 0.15) is 29.9 Å². The molecular weight excluding hydrogens is 506 g/mol. The number of halogens is 2. The average Bonchev–Trinajstić information content (AvgIpc) is 3.43. The summed E-state index contributed by atoms with van der Waals surface area (Å²) in [7, 11) is 0. The van der Waals surface area contributed by atoms with E-state index in [2.05, 4.69) is 39.1 Å². The van der Waals surface area contributed by atoms with E-state index in [-0.39, 0.29) is 28.3 Å². The van der Waals surface area contributed by atoms with Crippen molar-refractivity contribution in [3.63, 3.8) is 0 Å². The number of anilines is 1. The van der Waals surface area contributed by atoms with Crippen molar-refractivity contribution in [1.82, 2.24) is 24.4 Å². The fourth-order valence-electron chi connectivity index (χ4n) is 3.81. The first-order valence-corrected chi connectivity index (χ1v) is 12.4. The summed E-state index contributed by atoms with van der Waals surface area (Å²) in [5.74, 6) is -1.55. The molecule has 1 amide bonds. The summed E-state index contributed by atoms with van der Waals surface area (Å²) in [6, 6.07) is 6.40. The average molecular weight is 531 g/mol. The molecule has 0 atom stereocenters. The zero-order valence-corrected chi connectivity index (χ0v) is 21.0. The third-order valence-electron chi connectivity index (χ3n) is 5.31. The first-order chi connectivity index (χ1) is 17.7. The van der Waals surface area contributed by atoms with Gasteiger partial charge in [0.2, 0.25) is 0 Å². The van der Waals surface area contributed by atoms with Crippen LogP contribution in [0.3, 0.4) is 0 Å². The van der Waals surface area contributed by atoms with Gasteiger partial charge >= 0.3 is 12.6 Å². The van der Waals surface area contributed by atoms with E-state index in [4.69, 9.17) is 0 Å². The van der Waals surface area contributed by atoms with Crippen LogP contribution in [0.25, 0.3) is 16.9 Å². The molecule has 0 unspecified atom stereocenters. The minimum Gasteiger partial charge on any atom is -0.480 e. The van der Waals surface area contributed by atoms with Crippen molar-refractivity contribution >= 4 is 35.0 Å². The maximum Gasteiger partial charge on any atom is 0.387 e. The van der Waals surface area contributed by atoms with Gasteiger partial charge in [-0.2, -0.15) is 19.0 Å². The molecule has 194 valence electrons. The van der Waals surface area contributed by atoms with Crippen molar-refractivity contribution in [2.75, 3.05) is 11.6 Å². The van der Waals surface area contributed by atoms with Crippen molar-refractivity contribution in [2.45, 2.75) is 38.3 Å². The Kier molecular flexibility index (Phi) is 7.71. The first-order valence-electron chi connectivity index (χ1n) is 11.2. The van der Waals surface area contributed by atoms with Crippen LogP contribution in [-0.2, 0) is 17.8 Å². The number of aliphatic carboxylic acids is 1. The quantitative estimate of drug-likeness (QED) is 0.288. The lowest BCUT2D eigenvalue weighted by Gasteiger charge is -2.12.